The number of rotatable bonds is 4. The topological polar surface area (TPSA) is 78.9 Å². The zero-order valence-electron chi connectivity index (χ0n) is 11.4. The van der Waals surface area contributed by atoms with E-state index in [1.165, 1.54) is 24.3 Å². The number of carbonyl (C=O) groups excluding carboxylic acids is 3. The van der Waals surface area contributed by atoms with Gasteiger partial charge in [0.05, 0.1) is 6.61 Å². The van der Waals surface area contributed by atoms with Gasteiger partial charge in [0.15, 0.2) is 5.78 Å². The highest BCUT2D eigenvalue weighted by Gasteiger charge is 2.61. The minimum atomic E-state index is -1.74. The molecule has 0 aromatic carbocycles. The van der Waals surface area contributed by atoms with Crippen molar-refractivity contribution >= 4 is 17.7 Å². The molecule has 1 aliphatic heterocycles. The highest BCUT2D eigenvalue weighted by Crippen LogP contribution is 2.45. The van der Waals surface area contributed by atoms with Crippen LogP contribution in [0.15, 0.2) is 24.3 Å². The van der Waals surface area contributed by atoms with Gasteiger partial charge in [0, 0.05) is 13.0 Å². The van der Waals surface area contributed by atoms with Crippen molar-refractivity contribution in [3.8, 4) is 0 Å². The molecule has 0 aromatic heterocycles. The third-order valence-corrected chi connectivity index (χ3v) is 3.22. The largest absolute Gasteiger partial charge is 0.461 e. The lowest BCUT2D eigenvalue weighted by molar-refractivity contribution is -0.228. The molecule has 0 bridgehead atoms. The molecule has 0 N–H and O–H groups in total. The molecule has 1 atom stereocenters. The van der Waals surface area contributed by atoms with Crippen LogP contribution in [0.1, 0.15) is 20.3 Å². The van der Waals surface area contributed by atoms with E-state index >= 15 is 0 Å². The van der Waals surface area contributed by atoms with Gasteiger partial charge in [-0.05, 0) is 26.0 Å². The minimum absolute atomic E-state index is 0.0359. The average Bonchev–Trinajstić information content (AvgIpc) is 2.68. The maximum absolute atomic E-state index is 12.1. The molecule has 0 saturated carbocycles. The highest BCUT2D eigenvalue weighted by molar-refractivity contribution is 6.03. The Labute approximate surface area is 116 Å². The van der Waals surface area contributed by atoms with Crippen LogP contribution >= 0.6 is 0 Å². The molecule has 108 valence electrons. The Balaban J connectivity index is 2.32. The molecule has 1 spiro atoms. The molecule has 0 radical (unpaired) electrons. The van der Waals surface area contributed by atoms with Crippen LogP contribution in [0, 0.1) is 5.41 Å². The Hall–Kier alpha value is -1.95. The molecule has 0 unspecified atom stereocenters. The number of allylic oxidation sites excluding steroid dienone is 2. The number of hydrogen-bond donors (Lipinski definition) is 0. The summed E-state index contributed by atoms with van der Waals surface area (Å²) >= 11 is 0. The summed E-state index contributed by atoms with van der Waals surface area (Å²) in [7, 11) is 0. The van der Waals surface area contributed by atoms with Crippen molar-refractivity contribution in [2.75, 3.05) is 13.2 Å². The first-order valence-corrected chi connectivity index (χ1v) is 6.45. The third-order valence-electron chi connectivity index (χ3n) is 3.22. The number of cyclic esters (lactones) is 1. The summed E-state index contributed by atoms with van der Waals surface area (Å²) < 4.78 is 15.5. The number of esters is 2. The van der Waals surface area contributed by atoms with E-state index in [1.807, 2.05) is 0 Å². The number of carbonyl (C=O) groups is 3. The smallest absolute Gasteiger partial charge is 0.379 e. The first-order chi connectivity index (χ1) is 9.48. The van der Waals surface area contributed by atoms with E-state index in [0.29, 0.717) is 0 Å². The predicted octanol–water partition coefficient (Wildman–Crippen LogP) is 0.911. The second-order valence-corrected chi connectivity index (χ2v) is 4.58. The molecule has 0 aromatic rings. The molecule has 0 amide bonds. The van der Waals surface area contributed by atoms with Crippen LogP contribution in [0.2, 0.25) is 0 Å². The van der Waals surface area contributed by atoms with E-state index in [1.54, 1.807) is 13.8 Å². The quantitative estimate of drug-likeness (QED) is 0.712. The summed E-state index contributed by atoms with van der Waals surface area (Å²) in [6.07, 6.45) is 5.42. The zero-order chi connectivity index (χ0) is 14.8. The van der Waals surface area contributed by atoms with Crippen LogP contribution in [-0.4, -0.2) is 36.7 Å². The van der Waals surface area contributed by atoms with Crippen LogP contribution in [-0.2, 0) is 28.6 Å². The fourth-order valence-corrected chi connectivity index (χ4v) is 2.29. The maximum atomic E-state index is 12.1. The first-order valence-electron chi connectivity index (χ1n) is 6.45. The summed E-state index contributed by atoms with van der Waals surface area (Å²) in [5.74, 6) is -3.31. The van der Waals surface area contributed by atoms with E-state index in [0.717, 1.165) is 0 Å². The fraction of sp³-hybridized carbons (Fsp3) is 0.500. The van der Waals surface area contributed by atoms with Gasteiger partial charge in [0.1, 0.15) is 5.41 Å². The molecule has 2 rings (SSSR count). The summed E-state index contributed by atoms with van der Waals surface area (Å²) in [4.78, 5) is 35.4. The van der Waals surface area contributed by atoms with Crippen molar-refractivity contribution in [1.82, 2.24) is 0 Å². The van der Waals surface area contributed by atoms with Crippen molar-refractivity contribution in [3.63, 3.8) is 0 Å². The number of ether oxygens (including phenoxy) is 3. The summed E-state index contributed by atoms with van der Waals surface area (Å²) in [6.45, 7) is 3.69. The lowest BCUT2D eigenvalue weighted by Crippen LogP contribution is -2.43. The lowest BCUT2D eigenvalue weighted by Gasteiger charge is -2.25. The molecule has 1 fully saturated rings. The van der Waals surface area contributed by atoms with E-state index in [-0.39, 0.29) is 25.4 Å². The van der Waals surface area contributed by atoms with Crippen molar-refractivity contribution < 1.29 is 28.6 Å². The number of hydrogen-bond acceptors (Lipinski definition) is 6. The van der Waals surface area contributed by atoms with E-state index in [9.17, 15) is 14.4 Å². The van der Waals surface area contributed by atoms with Gasteiger partial charge in [0.2, 0.25) is 0 Å². The van der Waals surface area contributed by atoms with Crippen LogP contribution in [0.25, 0.3) is 0 Å². The van der Waals surface area contributed by atoms with E-state index in [2.05, 4.69) is 0 Å². The zero-order valence-corrected chi connectivity index (χ0v) is 11.4. The standard InChI is InChI=1S/C14H16O6/c1-3-18-12(17)14(19-4-2)9-13(11(16)20-14)7-5-10(15)6-8-13/h5-8H,3-4,9H2,1-2H3/t14-/m1/s1. The van der Waals surface area contributed by atoms with Gasteiger partial charge in [-0.25, -0.2) is 4.79 Å². The predicted molar refractivity (Wildman–Crippen MR) is 67.4 cm³/mol. The second kappa shape index (κ2) is 5.20. The molecule has 6 nitrogen and oxygen atoms in total. The lowest BCUT2D eigenvalue weighted by atomic mass is 9.80. The normalized spacial score (nSPS) is 26.9. The van der Waals surface area contributed by atoms with Crippen molar-refractivity contribution in [1.29, 1.82) is 0 Å². The van der Waals surface area contributed by atoms with Crippen LogP contribution in [0.3, 0.4) is 0 Å². The molecule has 1 aliphatic carbocycles. The van der Waals surface area contributed by atoms with Crippen molar-refractivity contribution in [2.24, 2.45) is 5.41 Å². The van der Waals surface area contributed by atoms with Crippen molar-refractivity contribution in [2.45, 2.75) is 26.1 Å². The number of ketones is 1. The first kappa shape index (κ1) is 14.5. The SMILES string of the molecule is CCOC(=O)[C@@]1(OCC)CC2(C=CC(=O)C=C2)C(=O)O1. The Morgan fingerprint density at radius 3 is 2.45 bits per heavy atom. The molecular weight excluding hydrogens is 264 g/mol. The summed E-state index contributed by atoms with van der Waals surface area (Å²) in [6, 6.07) is 0. The maximum Gasteiger partial charge on any atom is 0.379 e. The van der Waals surface area contributed by atoms with Gasteiger partial charge in [-0.15, -0.1) is 0 Å². The molecule has 1 saturated heterocycles. The molecule has 1 heterocycles. The van der Waals surface area contributed by atoms with Gasteiger partial charge in [-0.3, -0.25) is 9.59 Å². The second-order valence-electron chi connectivity index (χ2n) is 4.58. The summed E-state index contributed by atoms with van der Waals surface area (Å²) in [5.41, 5.74) is -1.14. The van der Waals surface area contributed by atoms with Gasteiger partial charge in [0.25, 0.3) is 0 Å². The fourth-order valence-electron chi connectivity index (χ4n) is 2.29. The highest BCUT2D eigenvalue weighted by atomic mass is 16.7. The molecule has 6 heteroatoms. The Morgan fingerprint density at radius 2 is 1.90 bits per heavy atom. The Kier molecular flexibility index (Phi) is 3.76. The monoisotopic (exact) mass is 280 g/mol. The van der Waals surface area contributed by atoms with Gasteiger partial charge >= 0.3 is 17.7 Å². The molecular formula is C14H16O6. The van der Waals surface area contributed by atoms with Crippen LogP contribution in [0.5, 0.6) is 0 Å². The molecule has 2 aliphatic rings. The van der Waals surface area contributed by atoms with Crippen LogP contribution < -0.4 is 0 Å². The Morgan fingerprint density at radius 1 is 1.25 bits per heavy atom. The molecule has 20 heavy (non-hydrogen) atoms. The van der Waals surface area contributed by atoms with Gasteiger partial charge in [-0.2, -0.15) is 0 Å². The van der Waals surface area contributed by atoms with E-state index in [4.69, 9.17) is 14.2 Å². The third kappa shape index (κ3) is 2.27. The van der Waals surface area contributed by atoms with Gasteiger partial charge in [-0.1, -0.05) is 12.2 Å². The minimum Gasteiger partial charge on any atom is -0.461 e. The average molecular weight is 280 g/mol. The van der Waals surface area contributed by atoms with Crippen LogP contribution in [0.4, 0.5) is 0 Å². The Bertz CT molecular complexity index is 488. The van der Waals surface area contributed by atoms with Crippen molar-refractivity contribution in [3.05, 3.63) is 24.3 Å². The summed E-state index contributed by atoms with van der Waals surface area (Å²) in [5, 5.41) is 0. The van der Waals surface area contributed by atoms with Gasteiger partial charge < -0.3 is 14.2 Å². The van der Waals surface area contributed by atoms with E-state index < -0.39 is 23.1 Å².